The summed E-state index contributed by atoms with van der Waals surface area (Å²) in [6.45, 7) is 6.00. The Morgan fingerprint density at radius 3 is 2.53 bits per heavy atom. The van der Waals surface area contributed by atoms with Crippen LogP contribution in [0.15, 0.2) is 0 Å². The molecule has 0 saturated carbocycles. The van der Waals surface area contributed by atoms with Gasteiger partial charge in [0.1, 0.15) is 0 Å². The first kappa shape index (κ1) is 16.4. The van der Waals surface area contributed by atoms with Gasteiger partial charge >= 0.3 is 0 Å². The number of nitrogens with zero attached hydrogens (tertiary/aromatic N) is 2. The van der Waals surface area contributed by atoms with Gasteiger partial charge in [0.2, 0.25) is 5.91 Å². The lowest BCUT2D eigenvalue weighted by atomic mass is 9.76. The average Bonchev–Trinajstić information content (AvgIpc) is 2.38. The molecular weight excluding hydrogens is 238 g/mol. The number of carbonyl (C=O) groups is 1. The molecule has 0 aromatic carbocycles. The highest BCUT2D eigenvalue weighted by Crippen LogP contribution is 2.33. The van der Waals surface area contributed by atoms with E-state index in [1.807, 2.05) is 11.9 Å². The van der Waals surface area contributed by atoms with E-state index in [-0.39, 0.29) is 5.41 Å². The van der Waals surface area contributed by atoms with Gasteiger partial charge in [0.15, 0.2) is 0 Å². The first-order chi connectivity index (χ1) is 9.02. The number of rotatable bonds is 7. The molecule has 4 heteroatoms. The molecule has 4 nitrogen and oxygen atoms in total. The van der Waals surface area contributed by atoms with Crippen molar-refractivity contribution < 1.29 is 4.79 Å². The monoisotopic (exact) mass is 269 g/mol. The predicted octanol–water partition coefficient (Wildman–Crippen LogP) is 1.57. The van der Waals surface area contributed by atoms with Crippen LogP contribution < -0.4 is 5.32 Å². The minimum atomic E-state index is -0.139. The van der Waals surface area contributed by atoms with E-state index in [2.05, 4.69) is 31.2 Å². The maximum absolute atomic E-state index is 12.8. The fourth-order valence-electron chi connectivity index (χ4n) is 3.08. The molecule has 1 rings (SSSR count). The number of hydrogen-bond donors (Lipinski definition) is 1. The highest BCUT2D eigenvalue weighted by Gasteiger charge is 2.40. The molecule has 0 aromatic heterocycles. The van der Waals surface area contributed by atoms with E-state index >= 15 is 0 Å². The van der Waals surface area contributed by atoms with Crippen molar-refractivity contribution in [3.05, 3.63) is 0 Å². The number of nitrogens with one attached hydrogen (secondary N) is 1. The zero-order chi connectivity index (χ0) is 14.3. The van der Waals surface area contributed by atoms with Gasteiger partial charge in [0, 0.05) is 20.1 Å². The number of hydrogen-bond acceptors (Lipinski definition) is 3. The van der Waals surface area contributed by atoms with Crippen molar-refractivity contribution >= 4 is 5.91 Å². The van der Waals surface area contributed by atoms with Crippen LogP contribution in [0.2, 0.25) is 0 Å². The van der Waals surface area contributed by atoms with Gasteiger partial charge in [-0.05, 0) is 52.9 Å². The third-order valence-electron chi connectivity index (χ3n) is 4.10. The Labute approximate surface area is 118 Å². The number of carbonyl (C=O) groups excluding carboxylic acids is 1. The predicted molar refractivity (Wildman–Crippen MR) is 80.3 cm³/mol. The van der Waals surface area contributed by atoms with Gasteiger partial charge in [0.05, 0.1) is 5.41 Å². The van der Waals surface area contributed by atoms with E-state index in [4.69, 9.17) is 0 Å². The normalized spacial score (nSPS) is 23.6. The molecular formula is C15H31N3O. The molecule has 19 heavy (non-hydrogen) atoms. The summed E-state index contributed by atoms with van der Waals surface area (Å²) in [5.41, 5.74) is -0.139. The third-order valence-corrected chi connectivity index (χ3v) is 4.10. The average molecular weight is 269 g/mol. The molecule has 1 fully saturated rings. The number of amides is 1. The van der Waals surface area contributed by atoms with Gasteiger partial charge in [-0.25, -0.2) is 0 Å². The minimum Gasteiger partial charge on any atom is -0.345 e. The quantitative estimate of drug-likeness (QED) is 0.762. The van der Waals surface area contributed by atoms with Crippen molar-refractivity contribution in [3.63, 3.8) is 0 Å². The van der Waals surface area contributed by atoms with Crippen LogP contribution in [0.3, 0.4) is 0 Å². The zero-order valence-corrected chi connectivity index (χ0v) is 13.2. The lowest BCUT2D eigenvalue weighted by Gasteiger charge is -2.39. The van der Waals surface area contributed by atoms with Gasteiger partial charge in [-0.1, -0.05) is 13.3 Å². The standard InChI is InChI=1S/C15H31N3O/c1-5-8-15(9-6-10-16-13-15)14(19)18(4)12-7-11-17(2)3/h16H,5-13H2,1-4H3. The Morgan fingerprint density at radius 1 is 1.26 bits per heavy atom. The fraction of sp³-hybridized carbons (Fsp3) is 0.933. The summed E-state index contributed by atoms with van der Waals surface area (Å²) < 4.78 is 0. The second kappa shape index (κ2) is 7.85. The van der Waals surface area contributed by atoms with Crippen molar-refractivity contribution in [1.82, 2.24) is 15.1 Å². The van der Waals surface area contributed by atoms with Crippen molar-refractivity contribution in [2.24, 2.45) is 5.41 Å². The minimum absolute atomic E-state index is 0.139. The second-order valence-electron chi connectivity index (χ2n) is 6.19. The molecule has 112 valence electrons. The summed E-state index contributed by atoms with van der Waals surface area (Å²) in [5.74, 6) is 0.348. The van der Waals surface area contributed by atoms with E-state index in [1.165, 1.54) is 0 Å². The van der Waals surface area contributed by atoms with Crippen LogP contribution in [0.5, 0.6) is 0 Å². The van der Waals surface area contributed by atoms with Crippen LogP contribution in [0, 0.1) is 5.41 Å². The van der Waals surface area contributed by atoms with Gasteiger partial charge < -0.3 is 15.1 Å². The summed E-state index contributed by atoms with van der Waals surface area (Å²) >= 11 is 0. The topological polar surface area (TPSA) is 35.6 Å². The molecule has 0 aromatic rings. The van der Waals surface area contributed by atoms with Gasteiger partial charge in [-0.2, -0.15) is 0 Å². The van der Waals surface area contributed by atoms with Crippen LogP contribution in [0.1, 0.15) is 39.0 Å². The van der Waals surface area contributed by atoms with E-state index < -0.39 is 0 Å². The maximum atomic E-state index is 12.8. The Kier molecular flexibility index (Phi) is 6.80. The van der Waals surface area contributed by atoms with Crippen LogP contribution in [0.25, 0.3) is 0 Å². The van der Waals surface area contributed by atoms with Crippen molar-refractivity contribution in [1.29, 1.82) is 0 Å². The molecule has 1 heterocycles. The first-order valence-corrected chi connectivity index (χ1v) is 7.63. The van der Waals surface area contributed by atoms with E-state index in [1.54, 1.807) is 0 Å². The molecule has 0 bridgehead atoms. The zero-order valence-electron chi connectivity index (χ0n) is 13.2. The van der Waals surface area contributed by atoms with Crippen molar-refractivity contribution in [2.75, 3.05) is 47.3 Å². The Morgan fingerprint density at radius 2 is 2.00 bits per heavy atom. The van der Waals surface area contributed by atoms with Gasteiger partial charge in [0.25, 0.3) is 0 Å². The molecule has 1 amide bonds. The first-order valence-electron chi connectivity index (χ1n) is 7.63. The third kappa shape index (κ3) is 4.77. The maximum Gasteiger partial charge on any atom is 0.229 e. The number of piperidine rings is 1. The molecule has 1 aliphatic rings. The molecule has 1 aliphatic heterocycles. The largest absolute Gasteiger partial charge is 0.345 e. The molecule has 1 unspecified atom stereocenters. The summed E-state index contributed by atoms with van der Waals surface area (Å²) in [5, 5.41) is 3.41. The Balaban J connectivity index is 2.55. The van der Waals surface area contributed by atoms with Crippen LogP contribution in [-0.2, 0) is 4.79 Å². The summed E-state index contributed by atoms with van der Waals surface area (Å²) in [4.78, 5) is 16.9. The van der Waals surface area contributed by atoms with E-state index in [0.717, 1.165) is 58.3 Å². The fourth-order valence-corrected chi connectivity index (χ4v) is 3.08. The van der Waals surface area contributed by atoms with Gasteiger partial charge in [-0.3, -0.25) is 4.79 Å². The molecule has 1 N–H and O–H groups in total. The Hall–Kier alpha value is -0.610. The lowest BCUT2D eigenvalue weighted by molar-refractivity contribution is -0.142. The smallest absolute Gasteiger partial charge is 0.229 e. The second-order valence-corrected chi connectivity index (χ2v) is 6.19. The lowest BCUT2D eigenvalue weighted by Crippen LogP contribution is -2.51. The highest BCUT2D eigenvalue weighted by atomic mass is 16.2. The van der Waals surface area contributed by atoms with Crippen LogP contribution in [0.4, 0.5) is 0 Å². The van der Waals surface area contributed by atoms with E-state index in [0.29, 0.717) is 5.91 Å². The van der Waals surface area contributed by atoms with E-state index in [9.17, 15) is 4.79 Å². The molecule has 1 saturated heterocycles. The molecule has 0 spiro atoms. The van der Waals surface area contributed by atoms with Crippen LogP contribution in [-0.4, -0.2) is 63.0 Å². The van der Waals surface area contributed by atoms with Crippen molar-refractivity contribution in [3.8, 4) is 0 Å². The SMILES string of the molecule is CCCC1(C(=O)N(C)CCCN(C)C)CCCNC1. The summed E-state index contributed by atoms with van der Waals surface area (Å²) in [6, 6.07) is 0. The Bertz CT molecular complexity index is 267. The highest BCUT2D eigenvalue weighted by molar-refractivity contribution is 5.83. The summed E-state index contributed by atoms with van der Waals surface area (Å²) in [6.07, 6.45) is 5.31. The van der Waals surface area contributed by atoms with Crippen molar-refractivity contribution in [2.45, 2.75) is 39.0 Å². The van der Waals surface area contributed by atoms with Gasteiger partial charge in [-0.15, -0.1) is 0 Å². The van der Waals surface area contributed by atoms with Crippen LogP contribution >= 0.6 is 0 Å². The molecule has 1 atom stereocenters. The molecule has 0 radical (unpaired) electrons. The molecule has 0 aliphatic carbocycles. The summed E-state index contributed by atoms with van der Waals surface area (Å²) in [7, 11) is 6.11.